The fourth-order valence-electron chi connectivity index (χ4n) is 1.47. The maximum atomic E-state index is 12.7. The van der Waals surface area contributed by atoms with E-state index in [-0.39, 0.29) is 11.9 Å². The van der Waals surface area contributed by atoms with Gasteiger partial charge in [0.15, 0.2) is 0 Å². The van der Waals surface area contributed by atoms with E-state index in [4.69, 9.17) is 5.73 Å². The lowest BCUT2D eigenvalue weighted by molar-refractivity contribution is 0.626. The Morgan fingerprint density at radius 3 is 2.07 bits per heavy atom. The Balaban J connectivity index is 2.29. The third-order valence-corrected chi connectivity index (χ3v) is 2.33. The van der Waals surface area contributed by atoms with Gasteiger partial charge in [0.05, 0.1) is 6.04 Å². The van der Waals surface area contributed by atoms with Gasteiger partial charge in [-0.1, -0.05) is 36.4 Å². The van der Waals surface area contributed by atoms with Crippen molar-refractivity contribution in [3.8, 4) is 0 Å². The number of halogens is 1. The van der Waals surface area contributed by atoms with Gasteiger partial charge in [-0.2, -0.15) is 0 Å². The molecular weight excluding hydrogens is 189 g/mol. The van der Waals surface area contributed by atoms with Gasteiger partial charge in [0.1, 0.15) is 5.82 Å². The Morgan fingerprint density at radius 1 is 0.933 bits per heavy atom. The maximum absolute atomic E-state index is 12.7. The van der Waals surface area contributed by atoms with Crippen molar-refractivity contribution in [3.63, 3.8) is 0 Å². The minimum Gasteiger partial charge on any atom is -0.320 e. The average Bonchev–Trinajstić information content (AvgIpc) is 2.30. The maximum Gasteiger partial charge on any atom is 0.123 e. The normalized spacial score (nSPS) is 12.4. The standard InChI is InChI=1S/C13H11FN/c14-12-8-6-11(7-9-12)13(15)10-4-2-1-3-5-10/h2-9,13H,15H2. The number of benzene rings is 2. The van der Waals surface area contributed by atoms with Crippen LogP contribution in [0.3, 0.4) is 0 Å². The first-order chi connectivity index (χ1) is 7.27. The molecule has 0 aliphatic carbocycles. The highest BCUT2D eigenvalue weighted by Gasteiger charge is 2.07. The minimum absolute atomic E-state index is 0.208. The fraction of sp³-hybridized carbons (Fsp3) is 0.0769. The van der Waals surface area contributed by atoms with Crippen molar-refractivity contribution in [2.45, 2.75) is 6.04 Å². The van der Waals surface area contributed by atoms with Gasteiger partial charge in [0.2, 0.25) is 0 Å². The molecule has 0 fully saturated rings. The van der Waals surface area contributed by atoms with Crippen LogP contribution in [-0.4, -0.2) is 0 Å². The van der Waals surface area contributed by atoms with Gasteiger partial charge in [-0.3, -0.25) is 0 Å². The number of nitrogens with two attached hydrogens (primary N) is 1. The lowest BCUT2D eigenvalue weighted by Gasteiger charge is -2.11. The molecule has 2 N–H and O–H groups in total. The molecule has 0 heterocycles. The van der Waals surface area contributed by atoms with E-state index >= 15 is 0 Å². The van der Waals surface area contributed by atoms with Crippen LogP contribution in [-0.2, 0) is 0 Å². The van der Waals surface area contributed by atoms with Crippen LogP contribution in [0.25, 0.3) is 0 Å². The van der Waals surface area contributed by atoms with Gasteiger partial charge in [-0.05, 0) is 29.3 Å². The zero-order chi connectivity index (χ0) is 10.7. The first-order valence-corrected chi connectivity index (χ1v) is 4.74. The predicted octanol–water partition coefficient (Wildman–Crippen LogP) is 2.67. The molecule has 15 heavy (non-hydrogen) atoms. The fourth-order valence-corrected chi connectivity index (χ4v) is 1.47. The van der Waals surface area contributed by atoms with E-state index in [9.17, 15) is 4.39 Å². The van der Waals surface area contributed by atoms with Crippen LogP contribution in [0, 0.1) is 11.9 Å². The Bertz CT molecular complexity index is 422. The molecule has 0 aliphatic heterocycles. The van der Waals surface area contributed by atoms with E-state index < -0.39 is 0 Å². The van der Waals surface area contributed by atoms with Gasteiger partial charge >= 0.3 is 0 Å². The molecule has 2 heteroatoms. The monoisotopic (exact) mass is 200 g/mol. The molecule has 1 radical (unpaired) electrons. The predicted molar refractivity (Wildman–Crippen MR) is 57.7 cm³/mol. The summed E-state index contributed by atoms with van der Waals surface area (Å²) in [5.74, 6) is -0.243. The van der Waals surface area contributed by atoms with Gasteiger partial charge in [0, 0.05) is 0 Å². The van der Waals surface area contributed by atoms with E-state index in [1.165, 1.54) is 12.1 Å². The van der Waals surface area contributed by atoms with E-state index in [0.29, 0.717) is 0 Å². The highest BCUT2D eigenvalue weighted by atomic mass is 19.1. The van der Waals surface area contributed by atoms with Crippen molar-refractivity contribution < 1.29 is 4.39 Å². The first kappa shape index (κ1) is 9.87. The summed E-state index contributed by atoms with van der Waals surface area (Å²) < 4.78 is 12.7. The van der Waals surface area contributed by atoms with Crippen molar-refractivity contribution in [1.29, 1.82) is 0 Å². The van der Waals surface area contributed by atoms with Gasteiger partial charge in [-0.15, -0.1) is 0 Å². The van der Waals surface area contributed by atoms with Crippen LogP contribution >= 0.6 is 0 Å². The summed E-state index contributed by atoms with van der Waals surface area (Å²) in [6.45, 7) is 0. The summed E-state index contributed by atoms with van der Waals surface area (Å²) in [6.07, 6.45) is 0. The summed E-state index contributed by atoms with van der Waals surface area (Å²) in [7, 11) is 0. The van der Waals surface area contributed by atoms with E-state index in [2.05, 4.69) is 6.07 Å². The Morgan fingerprint density at radius 2 is 1.47 bits per heavy atom. The molecule has 1 nitrogen and oxygen atoms in total. The van der Waals surface area contributed by atoms with Crippen LogP contribution in [0.2, 0.25) is 0 Å². The van der Waals surface area contributed by atoms with Gasteiger partial charge in [-0.25, -0.2) is 4.39 Å². The SMILES string of the molecule is NC(c1cc[c]cc1)c1ccc(F)cc1. The molecule has 0 amide bonds. The Labute approximate surface area is 88.4 Å². The molecular formula is C13H11FN. The summed E-state index contributed by atoms with van der Waals surface area (Å²) in [5, 5.41) is 0. The third-order valence-electron chi connectivity index (χ3n) is 2.33. The largest absolute Gasteiger partial charge is 0.320 e. The molecule has 1 unspecified atom stereocenters. The third kappa shape index (κ3) is 2.22. The van der Waals surface area contributed by atoms with Crippen LogP contribution in [0.4, 0.5) is 4.39 Å². The molecule has 0 saturated carbocycles. The second kappa shape index (κ2) is 4.24. The molecule has 75 valence electrons. The van der Waals surface area contributed by atoms with E-state index in [1.54, 1.807) is 12.1 Å². The van der Waals surface area contributed by atoms with Crippen LogP contribution < -0.4 is 5.73 Å². The molecule has 1 atom stereocenters. The van der Waals surface area contributed by atoms with Gasteiger partial charge in [0.25, 0.3) is 0 Å². The Hall–Kier alpha value is -1.67. The van der Waals surface area contributed by atoms with Crippen molar-refractivity contribution in [2.24, 2.45) is 5.73 Å². The van der Waals surface area contributed by atoms with Crippen molar-refractivity contribution >= 4 is 0 Å². The van der Waals surface area contributed by atoms with Crippen LogP contribution in [0.5, 0.6) is 0 Å². The average molecular weight is 200 g/mol. The number of rotatable bonds is 2. The molecule has 0 aliphatic rings. The highest BCUT2D eigenvalue weighted by molar-refractivity contribution is 5.30. The minimum atomic E-state index is -0.243. The molecule has 2 aromatic rings. The molecule has 0 aromatic heterocycles. The second-order valence-electron chi connectivity index (χ2n) is 3.36. The zero-order valence-electron chi connectivity index (χ0n) is 8.15. The lowest BCUT2D eigenvalue weighted by Crippen LogP contribution is -2.11. The van der Waals surface area contributed by atoms with Crippen molar-refractivity contribution in [1.82, 2.24) is 0 Å². The molecule has 2 aromatic carbocycles. The zero-order valence-corrected chi connectivity index (χ0v) is 8.15. The van der Waals surface area contributed by atoms with Crippen molar-refractivity contribution in [3.05, 3.63) is 71.5 Å². The molecule has 2 rings (SSSR count). The topological polar surface area (TPSA) is 26.0 Å². The second-order valence-corrected chi connectivity index (χ2v) is 3.36. The molecule has 0 spiro atoms. The van der Waals surface area contributed by atoms with Crippen LogP contribution in [0.15, 0.2) is 48.5 Å². The quantitative estimate of drug-likeness (QED) is 0.792. The van der Waals surface area contributed by atoms with E-state index in [1.807, 2.05) is 24.3 Å². The van der Waals surface area contributed by atoms with Crippen LogP contribution in [0.1, 0.15) is 17.2 Å². The van der Waals surface area contributed by atoms with Gasteiger partial charge < -0.3 is 5.73 Å². The smallest absolute Gasteiger partial charge is 0.123 e. The summed E-state index contributed by atoms with van der Waals surface area (Å²) >= 11 is 0. The Kier molecular flexibility index (Phi) is 2.79. The number of hydrogen-bond donors (Lipinski definition) is 1. The summed E-state index contributed by atoms with van der Waals surface area (Å²) in [5.41, 5.74) is 7.94. The molecule has 0 saturated heterocycles. The van der Waals surface area contributed by atoms with E-state index in [0.717, 1.165) is 11.1 Å². The number of hydrogen-bond acceptors (Lipinski definition) is 1. The summed E-state index contributed by atoms with van der Waals surface area (Å²) in [6, 6.07) is 16.4. The lowest BCUT2D eigenvalue weighted by atomic mass is 10.00. The highest BCUT2D eigenvalue weighted by Crippen LogP contribution is 2.18. The summed E-state index contributed by atoms with van der Waals surface area (Å²) in [4.78, 5) is 0. The molecule has 0 bridgehead atoms. The van der Waals surface area contributed by atoms with Crippen molar-refractivity contribution in [2.75, 3.05) is 0 Å². The first-order valence-electron chi connectivity index (χ1n) is 4.74.